The summed E-state index contributed by atoms with van der Waals surface area (Å²) in [6, 6.07) is 0. The molecule has 58 valence electrons. The zero-order chi connectivity index (χ0) is 7.40. The lowest BCUT2D eigenvalue weighted by molar-refractivity contribution is 0.257. The molecule has 1 saturated carbocycles. The van der Waals surface area contributed by atoms with Crippen molar-refractivity contribution in [1.82, 2.24) is 0 Å². The van der Waals surface area contributed by atoms with E-state index in [4.69, 9.17) is 5.11 Å². The van der Waals surface area contributed by atoms with Gasteiger partial charge in [0.25, 0.3) is 0 Å². The summed E-state index contributed by atoms with van der Waals surface area (Å²) in [6.07, 6.45) is 8.94. The second-order valence-electron chi connectivity index (χ2n) is 3.02. The summed E-state index contributed by atoms with van der Waals surface area (Å²) in [4.78, 5) is 0. The molecule has 0 radical (unpaired) electrons. The van der Waals surface area contributed by atoms with Gasteiger partial charge in [-0.05, 0) is 31.6 Å². The molecule has 0 bridgehead atoms. The minimum absolute atomic E-state index is 0.0371. The molecule has 0 amide bonds. The average molecular weight is 140 g/mol. The summed E-state index contributed by atoms with van der Waals surface area (Å²) >= 11 is 0. The maximum Gasteiger partial charge on any atom is 0.0573 e. The van der Waals surface area contributed by atoms with E-state index in [-0.39, 0.29) is 6.10 Å². The molecule has 0 aliphatic heterocycles. The predicted octanol–water partition coefficient (Wildman–Crippen LogP) is 2.11. The molecule has 0 aromatic rings. The summed E-state index contributed by atoms with van der Waals surface area (Å²) in [7, 11) is 0. The van der Waals surface area contributed by atoms with Crippen LogP contribution in [0, 0.1) is 5.92 Å². The average Bonchev–Trinajstić information content (AvgIpc) is 2.60. The molecule has 1 aliphatic carbocycles. The minimum Gasteiger partial charge on any atom is -0.393 e. The van der Waals surface area contributed by atoms with Crippen LogP contribution >= 0.6 is 0 Å². The van der Waals surface area contributed by atoms with Crippen molar-refractivity contribution in [2.45, 2.75) is 38.7 Å². The number of hydrogen-bond acceptors (Lipinski definition) is 1. The molecule has 0 heterocycles. The summed E-state index contributed by atoms with van der Waals surface area (Å²) < 4.78 is 0. The van der Waals surface area contributed by atoms with Gasteiger partial charge in [-0.15, -0.1) is 0 Å². The minimum atomic E-state index is 0.0371. The predicted molar refractivity (Wildman–Crippen MR) is 42.8 cm³/mol. The molecule has 2 atom stereocenters. The summed E-state index contributed by atoms with van der Waals surface area (Å²) in [5.41, 5.74) is 0. The van der Waals surface area contributed by atoms with Crippen LogP contribution in [0.25, 0.3) is 0 Å². The first-order valence-electron chi connectivity index (χ1n) is 4.17. The van der Waals surface area contributed by atoms with E-state index in [9.17, 15) is 0 Å². The van der Waals surface area contributed by atoms with Crippen molar-refractivity contribution < 1.29 is 5.11 Å². The van der Waals surface area contributed by atoms with Gasteiger partial charge in [-0.2, -0.15) is 0 Å². The lowest BCUT2D eigenvalue weighted by Gasteiger charge is -1.89. The fourth-order valence-corrected chi connectivity index (χ4v) is 1.14. The van der Waals surface area contributed by atoms with Crippen LogP contribution in [-0.2, 0) is 0 Å². The Kier molecular flexibility index (Phi) is 2.94. The van der Waals surface area contributed by atoms with Crippen LogP contribution in [0.2, 0.25) is 0 Å². The van der Waals surface area contributed by atoms with Gasteiger partial charge in [0.05, 0.1) is 6.10 Å². The van der Waals surface area contributed by atoms with Gasteiger partial charge in [0.2, 0.25) is 0 Å². The van der Waals surface area contributed by atoms with E-state index < -0.39 is 0 Å². The highest BCUT2D eigenvalue weighted by Gasteiger charge is 2.33. The van der Waals surface area contributed by atoms with E-state index in [2.05, 4.69) is 19.1 Å². The molecule has 10 heavy (non-hydrogen) atoms. The van der Waals surface area contributed by atoms with Gasteiger partial charge in [0.1, 0.15) is 0 Å². The molecule has 0 aromatic carbocycles. The largest absolute Gasteiger partial charge is 0.393 e. The first kappa shape index (κ1) is 7.80. The highest BCUT2D eigenvalue weighted by atomic mass is 16.3. The third-order valence-corrected chi connectivity index (χ3v) is 1.99. The Balaban J connectivity index is 1.91. The van der Waals surface area contributed by atoms with Crippen LogP contribution in [-0.4, -0.2) is 11.2 Å². The van der Waals surface area contributed by atoms with Crippen LogP contribution in [0.5, 0.6) is 0 Å². The summed E-state index contributed by atoms with van der Waals surface area (Å²) in [5.74, 6) is 0.626. The SMILES string of the molecule is CCC=CCCC1CC1O. The molecule has 1 fully saturated rings. The molecule has 1 N–H and O–H groups in total. The van der Waals surface area contributed by atoms with E-state index >= 15 is 0 Å². The van der Waals surface area contributed by atoms with Gasteiger partial charge in [-0.3, -0.25) is 0 Å². The Morgan fingerprint density at radius 1 is 1.50 bits per heavy atom. The maximum absolute atomic E-state index is 8.96. The normalized spacial score (nSPS) is 31.4. The van der Waals surface area contributed by atoms with Crippen molar-refractivity contribution in [2.75, 3.05) is 0 Å². The number of allylic oxidation sites excluding steroid dienone is 2. The Morgan fingerprint density at radius 3 is 2.70 bits per heavy atom. The van der Waals surface area contributed by atoms with E-state index in [1.165, 1.54) is 6.42 Å². The molecule has 0 spiro atoms. The van der Waals surface area contributed by atoms with E-state index in [0.29, 0.717) is 5.92 Å². The standard InChI is InChI=1S/C9H16O/c1-2-3-4-5-6-8-7-9(8)10/h3-4,8-10H,2,5-7H2,1H3. The molecule has 0 saturated heterocycles. The zero-order valence-electron chi connectivity index (χ0n) is 6.59. The van der Waals surface area contributed by atoms with Crippen LogP contribution in [0.3, 0.4) is 0 Å². The van der Waals surface area contributed by atoms with Crippen LogP contribution < -0.4 is 0 Å². The first-order valence-corrected chi connectivity index (χ1v) is 4.17. The quantitative estimate of drug-likeness (QED) is 0.593. The Hall–Kier alpha value is -0.300. The lowest BCUT2D eigenvalue weighted by Crippen LogP contribution is -1.83. The van der Waals surface area contributed by atoms with Gasteiger partial charge in [-0.1, -0.05) is 19.1 Å². The molecule has 1 aliphatic rings. The number of hydrogen-bond donors (Lipinski definition) is 1. The van der Waals surface area contributed by atoms with Gasteiger partial charge in [0, 0.05) is 0 Å². The first-order chi connectivity index (χ1) is 4.84. The van der Waals surface area contributed by atoms with Gasteiger partial charge < -0.3 is 5.11 Å². The molecule has 1 nitrogen and oxygen atoms in total. The van der Waals surface area contributed by atoms with E-state index in [0.717, 1.165) is 19.3 Å². The molecule has 1 rings (SSSR count). The third kappa shape index (κ3) is 2.53. The number of rotatable bonds is 4. The number of aliphatic hydroxyl groups excluding tert-OH is 1. The summed E-state index contributed by atoms with van der Waals surface area (Å²) in [6.45, 7) is 2.14. The topological polar surface area (TPSA) is 20.2 Å². The Bertz CT molecular complexity index is 118. The molecule has 0 aromatic heterocycles. The van der Waals surface area contributed by atoms with Crippen LogP contribution in [0.15, 0.2) is 12.2 Å². The van der Waals surface area contributed by atoms with Gasteiger partial charge >= 0.3 is 0 Å². The van der Waals surface area contributed by atoms with Crippen molar-refractivity contribution in [3.8, 4) is 0 Å². The second-order valence-corrected chi connectivity index (χ2v) is 3.02. The summed E-state index contributed by atoms with van der Waals surface area (Å²) in [5, 5.41) is 8.96. The van der Waals surface area contributed by atoms with Crippen molar-refractivity contribution >= 4 is 0 Å². The van der Waals surface area contributed by atoms with E-state index in [1.54, 1.807) is 0 Å². The second kappa shape index (κ2) is 3.77. The number of aliphatic hydroxyl groups is 1. The van der Waals surface area contributed by atoms with E-state index in [1.807, 2.05) is 0 Å². The molecule has 1 heteroatoms. The van der Waals surface area contributed by atoms with Gasteiger partial charge in [0.15, 0.2) is 0 Å². The Labute approximate surface area is 62.8 Å². The van der Waals surface area contributed by atoms with Gasteiger partial charge in [-0.25, -0.2) is 0 Å². The molecular formula is C9H16O. The lowest BCUT2D eigenvalue weighted by atomic mass is 10.2. The molecule has 2 unspecified atom stereocenters. The fourth-order valence-electron chi connectivity index (χ4n) is 1.14. The van der Waals surface area contributed by atoms with Crippen LogP contribution in [0.4, 0.5) is 0 Å². The monoisotopic (exact) mass is 140 g/mol. The zero-order valence-corrected chi connectivity index (χ0v) is 6.59. The van der Waals surface area contributed by atoms with Crippen molar-refractivity contribution in [3.05, 3.63) is 12.2 Å². The molecular weight excluding hydrogens is 124 g/mol. The van der Waals surface area contributed by atoms with Crippen molar-refractivity contribution in [2.24, 2.45) is 5.92 Å². The van der Waals surface area contributed by atoms with Crippen molar-refractivity contribution in [3.63, 3.8) is 0 Å². The Morgan fingerprint density at radius 2 is 2.20 bits per heavy atom. The van der Waals surface area contributed by atoms with Crippen molar-refractivity contribution in [1.29, 1.82) is 0 Å². The maximum atomic E-state index is 8.96. The fraction of sp³-hybridized carbons (Fsp3) is 0.778. The highest BCUT2D eigenvalue weighted by molar-refractivity contribution is 4.89. The smallest absolute Gasteiger partial charge is 0.0573 e. The third-order valence-electron chi connectivity index (χ3n) is 1.99. The van der Waals surface area contributed by atoms with Crippen LogP contribution in [0.1, 0.15) is 32.6 Å². The highest BCUT2D eigenvalue weighted by Crippen LogP contribution is 2.34.